The van der Waals surface area contributed by atoms with Crippen LogP contribution in [0.3, 0.4) is 0 Å². The van der Waals surface area contributed by atoms with Crippen molar-refractivity contribution in [3.63, 3.8) is 0 Å². The Morgan fingerprint density at radius 2 is 1.75 bits per heavy atom. The molecule has 1 aromatic carbocycles. The molecule has 1 aromatic heterocycles. The molecule has 0 fully saturated rings. The van der Waals surface area contributed by atoms with Crippen molar-refractivity contribution in [3.8, 4) is 11.1 Å². The molecule has 1 heterocycles. The summed E-state index contributed by atoms with van der Waals surface area (Å²) in [6, 6.07) is 6.35. The number of nitrogens with zero attached hydrogens (tertiary/aromatic N) is 2. The Kier molecular flexibility index (Phi) is 5.26. The van der Waals surface area contributed by atoms with Crippen LogP contribution in [0.2, 0.25) is 0 Å². The van der Waals surface area contributed by atoms with Gasteiger partial charge in [0.15, 0.2) is 6.29 Å². The summed E-state index contributed by atoms with van der Waals surface area (Å²) in [5, 5.41) is 4.28. The normalized spacial score (nSPS) is 11.2. The van der Waals surface area contributed by atoms with Crippen LogP contribution >= 0.6 is 0 Å². The molecule has 108 valence electrons. The highest BCUT2D eigenvalue weighted by Gasteiger charge is 2.10. The highest BCUT2D eigenvalue weighted by molar-refractivity contribution is 5.61. The predicted octanol–water partition coefficient (Wildman–Crippen LogP) is 3.09. The number of aromatic nitrogens is 2. The standard InChI is InChI=1S/C15H19FN2O2/c1-3-19-15(20-4-2)11-18-10-13(9-17-18)12-5-7-14(16)8-6-12/h5-10,15H,3-4,11H2,1-2H3. The lowest BCUT2D eigenvalue weighted by molar-refractivity contribution is -0.144. The highest BCUT2D eigenvalue weighted by Crippen LogP contribution is 2.18. The van der Waals surface area contributed by atoms with E-state index in [-0.39, 0.29) is 12.1 Å². The topological polar surface area (TPSA) is 36.3 Å². The summed E-state index contributed by atoms with van der Waals surface area (Å²) in [4.78, 5) is 0. The quantitative estimate of drug-likeness (QED) is 0.730. The molecule has 0 saturated heterocycles. The second-order valence-electron chi connectivity index (χ2n) is 4.30. The van der Waals surface area contributed by atoms with E-state index in [0.717, 1.165) is 11.1 Å². The maximum atomic E-state index is 12.9. The minimum atomic E-state index is -0.300. The van der Waals surface area contributed by atoms with Gasteiger partial charge in [-0.25, -0.2) is 4.39 Å². The monoisotopic (exact) mass is 278 g/mol. The molecule has 20 heavy (non-hydrogen) atoms. The fraction of sp³-hybridized carbons (Fsp3) is 0.400. The summed E-state index contributed by atoms with van der Waals surface area (Å²) in [5.74, 6) is -0.242. The van der Waals surface area contributed by atoms with Gasteiger partial charge in [-0.3, -0.25) is 4.68 Å². The van der Waals surface area contributed by atoms with Crippen LogP contribution < -0.4 is 0 Å². The lowest BCUT2D eigenvalue weighted by Gasteiger charge is -2.16. The molecule has 0 aliphatic heterocycles. The number of rotatable bonds is 7. The van der Waals surface area contributed by atoms with Crippen LogP contribution in [0, 0.1) is 5.82 Å². The molecule has 0 radical (unpaired) electrons. The lowest BCUT2D eigenvalue weighted by Crippen LogP contribution is -2.23. The third kappa shape index (κ3) is 3.88. The first-order chi connectivity index (χ1) is 9.72. The van der Waals surface area contributed by atoms with Crippen LogP contribution in [0.4, 0.5) is 4.39 Å². The molecular weight excluding hydrogens is 259 g/mol. The molecule has 0 spiro atoms. The van der Waals surface area contributed by atoms with Gasteiger partial charge in [0.25, 0.3) is 0 Å². The van der Waals surface area contributed by atoms with Crippen molar-refractivity contribution in [1.82, 2.24) is 9.78 Å². The van der Waals surface area contributed by atoms with E-state index in [2.05, 4.69) is 5.10 Å². The van der Waals surface area contributed by atoms with E-state index in [1.54, 1.807) is 23.0 Å². The van der Waals surface area contributed by atoms with Crippen molar-refractivity contribution in [2.45, 2.75) is 26.7 Å². The molecule has 4 nitrogen and oxygen atoms in total. The van der Waals surface area contributed by atoms with E-state index in [1.165, 1.54) is 12.1 Å². The van der Waals surface area contributed by atoms with Crippen LogP contribution in [-0.4, -0.2) is 29.3 Å². The second-order valence-corrected chi connectivity index (χ2v) is 4.30. The number of benzene rings is 1. The van der Waals surface area contributed by atoms with E-state index in [9.17, 15) is 4.39 Å². The lowest BCUT2D eigenvalue weighted by atomic mass is 10.1. The van der Waals surface area contributed by atoms with Gasteiger partial charge in [0, 0.05) is 25.0 Å². The largest absolute Gasteiger partial charge is 0.351 e. The van der Waals surface area contributed by atoms with Gasteiger partial charge in [-0.15, -0.1) is 0 Å². The van der Waals surface area contributed by atoms with Gasteiger partial charge in [-0.1, -0.05) is 12.1 Å². The maximum Gasteiger partial charge on any atom is 0.176 e. The number of ether oxygens (including phenoxy) is 2. The smallest absolute Gasteiger partial charge is 0.176 e. The van der Waals surface area contributed by atoms with Gasteiger partial charge in [0.2, 0.25) is 0 Å². The fourth-order valence-electron chi connectivity index (χ4n) is 1.93. The van der Waals surface area contributed by atoms with E-state index in [1.807, 2.05) is 20.0 Å². The zero-order valence-corrected chi connectivity index (χ0v) is 11.8. The Labute approximate surface area is 118 Å². The van der Waals surface area contributed by atoms with Gasteiger partial charge < -0.3 is 9.47 Å². The van der Waals surface area contributed by atoms with E-state index < -0.39 is 0 Å². The molecule has 0 aliphatic rings. The first-order valence-corrected chi connectivity index (χ1v) is 6.74. The second kappa shape index (κ2) is 7.17. The third-order valence-corrected chi connectivity index (χ3v) is 2.85. The maximum absolute atomic E-state index is 12.9. The Morgan fingerprint density at radius 1 is 1.10 bits per heavy atom. The predicted molar refractivity (Wildman–Crippen MR) is 74.7 cm³/mol. The summed E-state index contributed by atoms with van der Waals surface area (Å²) >= 11 is 0. The number of halogens is 1. The average Bonchev–Trinajstić information content (AvgIpc) is 2.89. The summed E-state index contributed by atoms with van der Waals surface area (Å²) in [6.07, 6.45) is 3.35. The van der Waals surface area contributed by atoms with Crippen LogP contribution in [0.1, 0.15) is 13.8 Å². The van der Waals surface area contributed by atoms with Crippen molar-refractivity contribution in [1.29, 1.82) is 0 Å². The van der Waals surface area contributed by atoms with Crippen molar-refractivity contribution in [2.24, 2.45) is 0 Å². The van der Waals surface area contributed by atoms with Crippen molar-refractivity contribution < 1.29 is 13.9 Å². The molecular formula is C15H19FN2O2. The zero-order valence-electron chi connectivity index (χ0n) is 11.8. The minimum absolute atomic E-state index is 0.242. The average molecular weight is 278 g/mol. The summed E-state index contributed by atoms with van der Waals surface area (Å²) in [6.45, 7) is 5.58. The molecule has 2 rings (SSSR count). The summed E-state index contributed by atoms with van der Waals surface area (Å²) < 4.78 is 25.6. The van der Waals surface area contributed by atoms with Crippen LogP contribution in [0.15, 0.2) is 36.7 Å². The third-order valence-electron chi connectivity index (χ3n) is 2.85. The van der Waals surface area contributed by atoms with Crippen LogP contribution in [0.5, 0.6) is 0 Å². The highest BCUT2D eigenvalue weighted by atomic mass is 19.1. The van der Waals surface area contributed by atoms with Crippen molar-refractivity contribution >= 4 is 0 Å². The molecule has 0 saturated carbocycles. The Bertz CT molecular complexity index is 519. The molecule has 0 unspecified atom stereocenters. The van der Waals surface area contributed by atoms with Crippen LogP contribution in [-0.2, 0) is 16.0 Å². The molecule has 0 bridgehead atoms. The summed E-state index contributed by atoms with van der Waals surface area (Å²) in [7, 11) is 0. The molecule has 0 amide bonds. The molecule has 0 aliphatic carbocycles. The Hall–Kier alpha value is -1.72. The van der Waals surface area contributed by atoms with Gasteiger partial charge in [0.1, 0.15) is 5.82 Å². The van der Waals surface area contributed by atoms with Crippen LogP contribution in [0.25, 0.3) is 11.1 Å². The zero-order chi connectivity index (χ0) is 14.4. The number of hydrogen-bond donors (Lipinski definition) is 0. The molecule has 0 atom stereocenters. The van der Waals surface area contributed by atoms with E-state index in [0.29, 0.717) is 19.8 Å². The minimum Gasteiger partial charge on any atom is -0.351 e. The van der Waals surface area contributed by atoms with Gasteiger partial charge >= 0.3 is 0 Å². The van der Waals surface area contributed by atoms with E-state index in [4.69, 9.17) is 9.47 Å². The number of hydrogen-bond acceptors (Lipinski definition) is 3. The fourth-order valence-corrected chi connectivity index (χ4v) is 1.93. The van der Waals surface area contributed by atoms with Crippen molar-refractivity contribution in [3.05, 3.63) is 42.5 Å². The molecule has 5 heteroatoms. The first-order valence-electron chi connectivity index (χ1n) is 6.74. The summed E-state index contributed by atoms with van der Waals surface area (Å²) in [5.41, 5.74) is 1.87. The molecule has 2 aromatic rings. The first kappa shape index (κ1) is 14.7. The Balaban J connectivity index is 2.06. The van der Waals surface area contributed by atoms with Gasteiger partial charge in [-0.05, 0) is 31.5 Å². The van der Waals surface area contributed by atoms with E-state index >= 15 is 0 Å². The molecule has 0 N–H and O–H groups in total. The van der Waals surface area contributed by atoms with Gasteiger partial charge in [0.05, 0.1) is 12.7 Å². The Morgan fingerprint density at radius 3 is 2.35 bits per heavy atom. The SMILES string of the molecule is CCOC(Cn1cc(-c2ccc(F)cc2)cn1)OCC. The van der Waals surface area contributed by atoms with Crippen molar-refractivity contribution in [2.75, 3.05) is 13.2 Å². The van der Waals surface area contributed by atoms with Gasteiger partial charge in [-0.2, -0.15) is 5.10 Å².